The monoisotopic (exact) mass is 1070 g/mol. The van der Waals surface area contributed by atoms with Crippen LogP contribution in [0.5, 0.6) is 0 Å². The van der Waals surface area contributed by atoms with Crippen LogP contribution in [-0.2, 0) is 5.41 Å². The van der Waals surface area contributed by atoms with Crippen LogP contribution >= 0.6 is 15.9 Å². The number of nitrogens with zero attached hydrogens (tertiary/aromatic N) is 4. The van der Waals surface area contributed by atoms with Crippen molar-refractivity contribution in [2.24, 2.45) is 0 Å². The van der Waals surface area contributed by atoms with Crippen LogP contribution in [-0.4, -0.2) is 7.85 Å². The molecule has 0 unspecified atom stereocenters. The van der Waals surface area contributed by atoms with Crippen LogP contribution in [0.2, 0.25) is 0 Å². The van der Waals surface area contributed by atoms with Gasteiger partial charge in [0, 0.05) is 72.7 Å². The van der Waals surface area contributed by atoms with Gasteiger partial charge in [-0.15, -0.1) is 0 Å². The number of rotatable bonds is 14. The maximum absolute atomic E-state index is 7.15. The molecule has 0 bridgehead atoms. The van der Waals surface area contributed by atoms with Crippen LogP contribution in [0.25, 0.3) is 11.1 Å². The Kier molecular flexibility index (Phi) is 13.3. The van der Waals surface area contributed by atoms with Crippen LogP contribution in [0, 0.1) is 0 Å². The van der Waals surface area contributed by atoms with Gasteiger partial charge in [0.25, 0.3) is 0 Å². The molecule has 374 valence electrons. The van der Waals surface area contributed by atoms with E-state index >= 15 is 0 Å². The van der Waals surface area contributed by atoms with E-state index in [4.69, 9.17) is 7.85 Å². The maximum Gasteiger partial charge on any atom is 0.113 e. The predicted octanol–water partition coefficient (Wildman–Crippen LogP) is 19.5. The summed E-state index contributed by atoms with van der Waals surface area (Å²) in [5.74, 6) is 0. The Labute approximate surface area is 472 Å². The molecule has 0 amide bonds. The number of para-hydroxylation sites is 8. The number of anilines is 12. The molecule has 0 fully saturated rings. The molecule has 6 heteroatoms. The van der Waals surface area contributed by atoms with E-state index in [1.807, 2.05) is 6.07 Å². The van der Waals surface area contributed by atoms with E-state index in [0.717, 1.165) is 106 Å². The minimum absolute atomic E-state index is 0.679. The van der Waals surface area contributed by atoms with Gasteiger partial charge in [-0.05, 0) is 179 Å². The third-order valence-corrected chi connectivity index (χ3v) is 15.4. The molecule has 13 rings (SSSR count). The molecule has 0 aromatic heterocycles. The highest BCUT2D eigenvalue weighted by Crippen LogP contribution is 2.59. The molecule has 79 heavy (non-hydrogen) atoms. The lowest BCUT2D eigenvalue weighted by atomic mass is 9.66. The van der Waals surface area contributed by atoms with E-state index in [1.165, 1.54) is 0 Å². The second kappa shape index (κ2) is 21.4. The molecule has 0 aliphatic heterocycles. The van der Waals surface area contributed by atoms with E-state index < -0.39 is 5.41 Å². The Bertz CT molecular complexity index is 3410. The third kappa shape index (κ3) is 9.26. The minimum Gasteiger partial charge on any atom is -0.310 e. The number of benzene rings is 12. The number of fused-ring (bicyclic) bond motifs is 3. The Morgan fingerprint density at radius 2 is 0.481 bits per heavy atom. The zero-order valence-corrected chi connectivity index (χ0v) is 44.9. The molecule has 0 spiro atoms. The van der Waals surface area contributed by atoms with Crippen molar-refractivity contribution >= 4 is 97.5 Å². The molecule has 0 saturated carbocycles. The van der Waals surface area contributed by atoms with Gasteiger partial charge in [0.1, 0.15) is 7.85 Å². The molecule has 1 aliphatic carbocycles. The van der Waals surface area contributed by atoms with Crippen molar-refractivity contribution in [3.8, 4) is 11.1 Å². The van der Waals surface area contributed by atoms with Crippen molar-refractivity contribution in [1.82, 2.24) is 0 Å². The van der Waals surface area contributed by atoms with Gasteiger partial charge in [-0.2, -0.15) is 0 Å². The number of hydrogen-bond donors (Lipinski definition) is 0. The molecule has 1 aliphatic rings. The van der Waals surface area contributed by atoms with Gasteiger partial charge < -0.3 is 19.6 Å². The van der Waals surface area contributed by atoms with Gasteiger partial charge >= 0.3 is 0 Å². The lowest BCUT2D eigenvalue weighted by Crippen LogP contribution is -2.31. The average Bonchev–Trinajstić information content (AvgIpc) is 3.36. The van der Waals surface area contributed by atoms with Gasteiger partial charge in [-0.1, -0.05) is 191 Å². The SMILES string of the molecule is [B]c1ccc2c(c1)C(c1cc(N(c3ccccc3)c3ccccc3)cc(N(c3ccccc3)c3ccccc3)c1)(c1cc(N(c3ccccc3)c3ccccc3)cc(N(c3ccccc3)c3ccccc3)c1)c1cc(Br)ccc1-2. The number of halogens is 1. The molecule has 12 aromatic carbocycles. The van der Waals surface area contributed by atoms with Gasteiger partial charge in [0.15, 0.2) is 0 Å². The zero-order valence-electron chi connectivity index (χ0n) is 43.3. The molecule has 0 atom stereocenters. The van der Waals surface area contributed by atoms with Gasteiger partial charge in [0.05, 0.1) is 5.41 Å². The second-order valence-corrected chi connectivity index (χ2v) is 20.7. The summed E-state index contributed by atoms with van der Waals surface area (Å²) < 4.78 is 0.972. The summed E-state index contributed by atoms with van der Waals surface area (Å²) in [6.07, 6.45) is 0. The predicted molar refractivity (Wildman–Crippen MR) is 336 cm³/mol. The van der Waals surface area contributed by atoms with Crippen LogP contribution in [0.3, 0.4) is 0 Å². The topological polar surface area (TPSA) is 13.0 Å². The number of hydrogen-bond acceptors (Lipinski definition) is 4. The standard InChI is InChI=1S/C73H52BBrN4/c74-55-41-43-69-70-44-42-56(75)50-72(70)73(71(69)49-55,53-45-65(76(57-25-9-1-10-26-57)58-27-11-2-12-28-58)51-66(46-53)77(59-29-13-3-14-30-59)60-31-15-4-16-32-60)54-47-67(78(61-33-17-5-18-34-61)62-35-19-6-20-36-62)52-68(48-54)79(63-37-21-7-22-38-63)64-39-23-8-24-40-64/h1-52H. The van der Waals surface area contributed by atoms with Crippen LogP contribution in [0.1, 0.15) is 22.3 Å². The van der Waals surface area contributed by atoms with Gasteiger partial charge in [-0.25, -0.2) is 0 Å². The van der Waals surface area contributed by atoms with E-state index in [2.05, 4.69) is 345 Å². The van der Waals surface area contributed by atoms with Crippen LogP contribution < -0.4 is 25.1 Å². The Morgan fingerprint density at radius 1 is 0.241 bits per heavy atom. The first-order chi connectivity index (χ1) is 39.0. The fourth-order valence-electron chi connectivity index (χ4n) is 11.6. The molecule has 0 N–H and O–H groups in total. The van der Waals surface area contributed by atoms with Crippen molar-refractivity contribution in [1.29, 1.82) is 0 Å². The summed E-state index contributed by atoms with van der Waals surface area (Å²) in [6, 6.07) is 113. The lowest BCUT2D eigenvalue weighted by Gasteiger charge is -2.39. The largest absolute Gasteiger partial charge is 0.310 e. The van der Waals surface area contributed by atoms with E-state index in [-0.39, 0.29) is 0 Å². The minimum atomic E-state index is -1.02. The summed E-state index contributed by atoms with van der Waals surface area (Å²) in [5.41, 5.74) is 18.4. The van der Waals surface area contributed by atoms with E-state index in [9.17, 15) is 0 Å². The quantitative estimate of drug-likeness (QED) is 0.101. The highest BCUT2D eigenvalue weighted by molar-refractivity contribution is 9.10. The normalized spacial score (nSPS) is 12.0. The molecule has 0 saturated heterocycles. The van der Waals surface area contributed by atoms with Crippen molar-refractivity contribution in [3.63, 3.8) is 0 Å². The van der Waals surface area contributed by atoms with E-state index in [1.54, 1.807) is 0 Å². The van der Waals surface area contributed by atoms with Crippen molar-refractivity contribution < 1.29 is 0 Å². The molecule has 4 nitrogen and oxygen atoms in total. The zero-order chi connectivity index (χ0) is 53.1. The molecule has 2 radical (unpaired) electrons. The summed E-state index contributed by atoms with van der Waals surface area (Å²) in [5, 5.41) is 0. The summed E-state index contributed by atoms with van der Waals surface area (Å²) in [7, 11) is 7.15. The van der Waals surface area contributed by atoms with Crippen molar-refractivity contribution in [3.05, 3.63) is 342 Å². The van der Waals surface area contributed by atoms with Crippen molar-refractivity contribution in [2.75, 3.05) is 19.6 Å². The van der Waals surface area contributed by atoms with Gasteiger partial charge in [0.2, 0.25) is 0 Å². The molecular weight excluding hydrogens is 1020 g/mol. The molecule has 0 heterocycles. The fourth-order valence-corrected chi connectivity index (χ4v) is 12.0. The summed E-state index contributed by atoms with van der Waals surface area (Å²) >= 11 is 4.06. The van der Waals surface area contributed by atoms with Crippen molar-refractivity contribution in [2.45, 2.75) is 5.41 Å². The lowest BCUT2D eigenvalue weighted by molar-refractivity contribution is 0.768. The first-order valence-corrected chi connectivity index (χ1v) is 27.4. The molecule has 12 aromatic rings. The average molecular weight is 1080 g/mol. The third-order valence-electron chi connectivity index (χ3n) is 14.9. The second-order valence-electron chi connectivity index (χ2n) is 19.7. The fraction of sp³-hybridized carbons (Fsp3) is 0.0137. The van der Waals surface area contributed by atoms with Gasteiger partial charge in [-0.3, -0.25) is 0 Å². The Morgan fingerprint density at radius 3 is 0.747 bits per heavy atom. The maximum atomic E-state index is 7.15. The first-order valence-electron chi connectivity index (χ1n) is 26.6. The molecular formula is C73H52BBrN4. The highest BCUT2D eigenvalue weighted by Gasteiger charge is 2.48. The highest BCUT2D eigenvalue weighted by atomic mass is 79.9. The Balaban J connectivity index is 1.21. The van der Waals surface area contributed by atoms with E-state index in [0.29, 0.717) is 5.46 Å². The summed E-state index contributed by atoms with van der Waals surface area (Å²) in [4.78, 5) is 9.53. The smallest absolute Gasteiger partial charge is 0.113 e. The Hall–Kier alpha value is -9.62. The first kappa shape index (κ1) is 49.0. The van der Waals surface area contributed by atoms with Crippen LogP contribution in [0.15, 0.2) is 320 Å². The summed E-state index contributed by atoms with van der Waals surface area (Å²) in [6.45, 7) is 0. The van der Waals surface area contributed by atoms with Crippen LogP contribution in [0.4, 0.5) is 68.2 Å².